The van der Waals surface area contributed by atoms with E-state index in [1.165, 1.54) is 12.1 Å². The first-order chi connectivity index (χ1) is 14.3. The number of nitrogens with zero attached hydrogens (tertiary/aromatic N) is 2. The third kappa shape index (κ3) is 5.76. The highest BCUT2D eigenvalue weighted by Crippen LogP contribution is 2.34. The van der Waals surface area contributed by atoms with E-state index >= 15 is 0 Å². The normalized spacial score (nSPS) is 14.9. The maximum absolute atomic E-state index is 12.6. The molecule has 1 aliphatic heterocycles. The molecule has 1 fully saturated rings. The summed E-state index contributed by atoms with van der Waals surface area (Å²) in [7, 11) is 0. The number of carbonyl (C=O) groups is 4. The molecule has 1 aromatic rings. The van der Waals surface area contributed by atoms with Crippen LogP contribution in [-0.4, -0.2) is 70.8 Å². The van der Waals surface area contributed by atoms with Crippen LogP contribution >= 0.6 is 11.8 Å². The van der Waals surface area contributed by atoms with Crippen molar-refractivity contribution in [1.82, 2.24) is 9.80 Å². The van der Waals surface area contributed by atoms with Crippen LogP contribution < -0.4 is 9.47 Å². The van der Waals surface area contributed by atoms with Crippen molar-refractivity contribution in [1.29, 1.82) is 0 Å². The van der Waals surface area contributed by atoms with Gasteiger partial charge in [0.2, 0.25) is 5.91 Å². The predicted molar refractivity (Wildman–Crippen MR) is 111 cm³/mol. The van der Waals surface area contributed by atoms with Crippen LogP contribution in [0.1, 0.15) is 26.3 Å². The monoisotopic (exact) mass is 436 g/mol. The van der Waals surface area contributed by atoms with E-state index in [1.54, 1.807) is 24.0 Å². The number of amides is 3. The maximum atomic E-state index is 12.6. The molecule has 2 rings (SSSR count). The van der Waals surface area contributed by atoms with Gasteiger partial charge in [-0.25, -0.2) is 4.79 Å². The summed E-state index contributed by atoms with van der Waals surface area (Å²) < 4.78 is 10.7. The molecule has 0 aliphatic carbocycles. The van der Waals surface area contributed by atoms with Gasteiger partial charge in [0.1, 0.15) is 6.54 Å². The molecule has 0 bridgehead atoms. The second kappa shape index (κ2) is 10.7. The molecule has 1 heterocycles. The van der Waals surface area contributed by atoms with E-state index < -0.39 is 23.7 Å². The molecule has 0 spiro atoms. The van der Waals surface area contributed by atoms with Crippen molar-refractivity contribution in [2.24, 2.45) is 0 Å². The Morgan fingerprint density at radius 2 is 1.83 bits per heavy atom. The minimum atomic E-state index is -1.12. The molecule has 0 saturated carbocycles. The first-order valence-electron chi connectivity index (χ1n) is 9.45. The summed E-state index contributed by atoms with van der Waals surface area (Å²) in [6.45, 7) is 5.94. The van der Waals surface area contributed by atoms with Gasteiger partial charge in [0.25, 0.3) is 11.1 Å². The Balaban J connectivity index is 2.20. The second-order valence-electron chi connectivity index (χ2n) is 6.16. The quantitative estimate of drug-likeness (QED) is 0.557. The third-order valence-corrected chi connectivity index (χ3v) is 5.11. The van der Waals surface area contributed by atoms with Crippen molar-refractivity contribution in [2.75, 3.05) is 32.8 Å². The van der Waals surface area contributed by atoms with E-state index in [2.05, 4.69) is 0 Å². The highest BCUT2D eigenvalue weighted by Gasteiger charge is 2.36. The van der Waals surface area contributed by atoms with E-state index in [1.807, 2.05) is 13.8 Å². The van der Waals surface area contributed by atoms with Gasteiger partial charge in [-0.3, -0.25) is 19.3 Å². The molecular formula is C20H24N2O7S. The number of ether oxygens (including phenoxy) is 2. The molecule has 0 atom stereocenters. The number of carbonyl (C=O) groups excluding carboxylic acids is 3. The predicted octanol–water partition coefficient (Wildman–Crippen LogP) is 2.45. The highest BCUT2D eigenvalue weighted by molar-refractivity contribution is 8.18. The molecule has 0 aromatic heterocycles. The average molecular weight is 436 g/mol. The summed E-state index contributed by atoms with van der Waals surface area (Å²) in [4.78, 5) is 50.5. The van der Waals surface area contributed by atoms with Gasteiger partial charge in [-0.15, -0.1) is 0 Å². The molecule has 1 saturated heterocycles. The van der Waals surface area contributed by atoms with Gasteiger partial charge in [0.05, 0.1) is 11.5 Å². The minimum Gasteiger partial charge on any atom is -0.490 e. The molecule has 1 aliphatic rings. The topological polar surface area (TPSA) is 113 Å². The summed E-state index contributed by atoms with van der Waals surface area (Å²) in [5.74, 6) is -1.36. The number of carboxylic acids is 1. The van der Waals surface area contributed by atoms with Gasteiger partial charge in [0, 0.05) is 13.1 Å². The zero-order chi connectivity index (χ0) is 22.3. The van der Waals surface area contributed by atoms with Crippen LogP contribution in [0.3, 0.4) is 0 Å². The van der Waals surface area contributed by atoms with Crippen molar-refractivity contribution in [3.05, 3.63) is 28.7 Å². The van der Waals surface area contributed by atoms with E-state index in [0.717, 1.165) is 16.7 Å². The summed E-state index contributed by atoms with van der Waals surface area (Å²) in [5.41, 5.74) is 0.571. The molecule has 3 amide bonds. The van der Waals surface area contributed by atoms with E-state index in [9.17, 15) is 19.2 Å². The third-order valence-electron chi connectivity index (χ3n) is 4.20. The van der Waals surface area contributed by atoms with Gasteiger partial charge >= 0.3 is 5.97 Å². The van der Waals surface area contributed by atoms with Crippen LogP contribution in [0.4, 0.5) is 4.79 Å². The van der Waals surface area contributed by atoms with E-state index in [0.29, 0.717) is 31.0 Å². The van der Waals surface area contributed by atoms with Gasteiger partial charge in [-0.1, -0.05) is 6.07 Å². The molecule has 1 aromatic carbocycles. The fourth-order valence-electron chi connectivity index (χ4n) is 2.74. The van der Waals surface area contributed by atoms with Crippen molar-refractivity contribution in [3.63, 3.8) is 0 Å². The Kier molecular flexibility index (Phi) is 8.28. The van der Waals surface area contributed by atoms with E-state index in [-0.39, 0.29) is 23.1 Å². The molecule has 30 heavy (non-hydrogen) atoms. The first-order valence-corrected chi connectivity index (χ1v) is 10.3. The van der Waals surface area contributed by atoms with Gasteiger partial charge < -0.3 is 19.5 Å². The fourth-order valence-corrected chi connectivity index (χ4v) is 3.58. The maximum Gasteiger partial charge on any atom is 0.341 e. The van der Waals surface area contributed by atoms with Gasteiger partial charge in [-0.05, 0) is 56.3 Å². The lowest BCUT2D eigenvalue weighted by Crippen LogP contribution is -2.41. The van der Waals surface area contributed by atoms with Gasteiger partial charge in [-0.2, -0.15) is 0 Å². The number of thioether (sulfide) groups is 1. The number of benzene rings is 1. The number of hydrogen-bond acceptors (Lipinski definition) is 7. The van der Waals surface area contributed by atoms with Crippen molar-refractivity contribution in [2.45, 2.75) is 20.8 Å². The van der Waals surface area contributed by atoms with Crippen molar-refractivity contribution in [3.8, 4) is 11.5 Å². The van der Waals surface area contributed by atoms with Crippen molar-refractivity contribution < 1.29 is 33.8 Å². The highest BCUT2D eigenvalue weighted by atomic mass is 32.2. The zero-order valence-electron chi connectivity index (χ0n) is 17.0. The Morgan fingerprint density at radius 3 is 2.43 bits per heavy atom. The molecule has 0 radical (unpaired) electrons. The standard InChI is InChI=1S/C20H24N2O7S/c1-4-21(5-2)17(23)11-22-19(26)16(30-20(22)27)10-13-7-8-14(29-12-18(24)25)15(9-13)28-6-3/h7-10H,4-6,11-12H2,1-3H3,(H,24,25)/b16-10-. The largest absolute Gasteiger partial charge is 0.490 e. The molecule has 9 nitrogen and oxygen atoms in total. The number of carboxylic acid groups (broad SMARTS) is 1. The van der Waals surface area contributed by atoms with E-state index in [4.69, 9.17) is 14.6 Å². The Hall–Kier alpha value is -3.01. The molecule has 1 N–H and O–H groups in total. The zero-order valence-corrected chi connectivity index (χ0v) is 17.9. The second-order valence-corrected chi connectivity index (χ2v) is 7.15. The molecule has 10 heteroatoms. The molecule has 162 valence electrons. The minimum absolute atomic E-state index is 0.189. The Bertz CT molecular complexity index is 865. The Morgan fingerprint density at radius 1 is 1.13 bits per heavy atom. The summed E-state index contributed by atoms with van der Waals surface area (Å²) in [6.07, 6.45) is 1.52. The first kappa shape index (κ1) is 23.3. The summed E-state index contributed by atoms with van der Waals surface area (Å²) in [6, 6.07) is 4.75. The lowest BCUT2D eigenvalue weighted by Gasteiger charge is -2.21. The lowest BCUT2D eigenvalue weighted by molar-refractivity contribution is -0.139. The molecular weight excluding hydrogens is 412 g/mol. The summed E-state index contributed by atoms with van der Waals surface area (Å²) in [5, 5.41) is 8.27. The summed E-state index contributed by atoms with van der Waals surface area (Å²) >= 11 is 0.761. The SMILES string of the molecule is CCOc1cc(/C=C2\SC(=O)N(CC(=O)N(CC)CC)C2=O)ccc1OCC(=O)O. The van der Waals surface area contributed by atoms with Crippen LogP contribution in [0.15, 0.2) is 23.1 Å². The average Bonchev–Trinajstić information content (AvgIpc) is 2.96. The molecule has 0 unspecified atom stereocenters. The number of aliphatic carboxylic acids is 1. The van der Waals surface area contributed by atoms with Crippen LogP contribution in [-0.2, 0) is 14.4 Å². The van der Waals surface area contributed by atoms with Crippen molar-refractivity contribution >= 4 is 40.9 Å². The van der Waals surface area contributed by atoms with Gasteiger partial charge in [0.15, 0.2) is 18.1 Å². The number of likely N-dealkylation sites (N-methyl/N-ethyl adjacent to an activating group) is 1. The Labute approximate surface area is 178 Å². The fraction of sp³-hybridized carbons (Fsp3) is 0.400. The number of rotatable bonds is 10. The number of hydrogen-bond donors (Lipinski definition) is 1. The van der Waals surface area contributed by atoms with Crippen LogP contribution in [0.25, 0.3) is 6.08 Å². The smallest absolute Gasteiger partial charge is 0.341 e. The van der Waals surface area contributed by atoms with Crippen LogP contribution in [0, 0.1) is 0 Å². The van der Waals surface area contributed by atoms with Crippen LogP contribution in [0.5, 0.6) is 11.5 Å². The lowest BCUT2D eigenvalue weighted by atomic mass is 10.2. The van der Waals surface area contributed by atoms with Crippen LogP contribution in [0.2, 0.25) is 0 Å². The number of imide groups is 1.